The molecule has 0 saturated heterocycles. The molecule has 158 valence electrons. The van der Waals surface area contributed by atoms with Crippen LogP contribution in [0.25, 0.3) is 15.3 Å². The van der Waals surface area contributed by atoms with Crippen molar-refractivity contribution < 1.29 is 4.79 Å². The minimum atomic E-state index is -0.356. The van der Waals surface area contributed by atoms with Crippen molar-refractivity contribution in [3.05, 3.63) is 80.2 Å². The number of para-hydroxylation sites is 1. The smallest absolute Gasteiger partial charge is 0.282 e. The standard InChI is InChI=1S/C22H20BrN5O2S/c1-3-8-17-19(13(2)25-26-20(29)14-9-4-5-10-15(14)23)21(30)28(27-17)22-24-16-11-6-7-12-18(16)31-22/h4-7,9-12,27H,3,8H2,1-2H3,(H,26,29)/b25-13+. The van der Waals surface area contributed by atoms with Crippen molar-refractivity contribution in [2.45, 2.75) is 26.7 Å². The summed E-state index contributed by atoms with van der Waals surface area (Å²) >= 11 is 4.80. The predicted octanol–water partition coefficient (Wildman–Crippen LogP) is 4.64. The molecular formula is C22H20BrN5O2S. The first-order valence-electron chi connectivity index (χ1n) is 9.79. The maximum Gasteiger partial charge on any atom is 0.282 e. The summed E-state index contributed by atoms with van der Waals surface area (Å²) in [5.41, 5.74) is 5.27. The molecule has 0 unspecified atom stereocenters. The van der Waals surface area contributed by atoms with Crippen LogP contribution in [0.2, 0.25) is 0 Å². The van der Waals surface area contributed by atoms with Crippen LogP contribution in [0.4, 0.5) is 0 Å². The van der Waals surface area contributed by atoms with E-state index in [1.807, 2.05) is 37.3 Å². The van der Waals surface area contributed by atoms with Crippen molar-refractivity contribution in [3.8, 4) is 5.13 Å². The summed E-state index contributed by atoms with van der Waals surface area (Å²) in [6, 6.07) is 14.8. The number of aromatic amines is 1. The highest BCUT2D eigenvalue weighted by Crippen LogP contribution is 2.24. The first-order chi connectivity index (χ1) is 15.0. The maximum atomic E-state index is 13.2. The number of hydrogen-bond donors (Lipinski definition) is 2. The average molecular weight is 498 g/mol. The number of fused-ring (bicyclic) bond motifs is 1. The number of carbonyl (C=O) groups excluding carboxylic acids is 1. The van der Waals surface area contributed by atoms with Crippen LogP contribution in [0, 0.1) is 0 Å². The van der Waals surface area contributed by atoms with Crippen molar-refractivity contribution in [3.63, 3.8) is 0 Å². The molecular weight excluding hydrogens is 478 g/mol. The van der Waals surface area contributed by atoms with E-state index in [-0.39, 0.29) is 11.5 Å². The van der Waals surface area contributed by atoms with E-state index in [0.717, 1.165) is 22.3 Å². The van der Waals surface area contributed by atoms with Gasteiger partial charge in [-0.3, -0.25) is 14.7 Å². The molecule has 4 aromatic rings. The van der Waals surface area contributed by atoms with Gasteiger partial charge in [0.05, 0.1) is 27.1 Å². The van der Waals surface area contributed by atoms with Gasteiger partial charge in [0.1, 0.15) is 0 Å². The van der Waals surface area contributed by atoms with Crippen molar-refractivity contribution in [2.24, 2.45) is 5.10 Å². The van der Waals surface area contributed by atoms with E-state index < -0.39 is 0 Å². The molecule has 2 heterocycles. The molecule has 0 radical (unpaired) electrons. The molecule has 0 bridgehead atoms. The number of rotatable bonds is 6. The lowest BCUT2D eigenvalue weighted by Crippen LogP contribution is -2.23. The summed E-state index contributed by atoms with van der Waals surface area (Å²) in [6.07, 6.45) is 1.52. The van der Waals surface area contributed by atoms with Crippen LogP contribution in [0.15, 0.2) is 62.9 Å². The third kappa shape index (κ3) is 4.24. The number of aromatic nitrogens is 3. The Morgan fingerprint density at radius 2 is 1.97 bits per heavy atom. The highest BCUT2D eigenvalue weighted by Gasteiger charge is 2.20. The first-order valence-corrected chi connectivity index (χ1v) is 11.4. The summed E-state index contributed by atoms with van der Waals surface area (Å²) in [4.78, 5) is 30.3. The zero-order chi connectivity index (χ0) is 22.0. The zero-order valence-corrected chi connectivity index (χ0v) is 19.4. The monoisotopic (exact) mass is 497 g/mol. The van der Waals surface area contributed by atoms with Gasteiger partial charge in [0.2, 0.25) is 5.13 Å². The van der Waals surface area contributed by atoms with Crippen LogP contribution in [-0.4, -0.2) is 26.4 Å². The molecule has 0 atom stereocenters. The fraction of sp³-hybridized carbons (Fsp3) is 0.182. The van der Waals surface area contributed by atoms with Gasteiger partial charge < -0.3 is 0 Å². The number of hydrogen-bond acceptors (Lipinski definition) is 5. The van der Waals surface area contributed by atoms with Crippen molar-refractivity contribution in [2.75, 3.05) is 0 Å². The minimum Gasteiger partial charge on any atom is -0.292 e. The Balaban J connectivity index is 1.70. The van der Waals surface area contributed by atoms with Gasteiger partial charge in [0.15, 0.2) is 0 Å². The van der Waals surface area contributed by atoms with Gasteiger partial charge in [0, 0.05) is 10.2 Å². The molecule has 0 aliphatic heterocycles. The number of H-pyrrole nitrogens is 1. The van der Waals surface area contributed by atoms with Crippen LogP contribution in [-0.2, 0) is 6.42 Å². The Labute approximate surface area is 190 Å². The molecule has 31 heavy (non-hydrogen) atoms. The Morgan fingerprint density at radius 1 is 1.23 bits per heavy atom. The second-order valence-electron chi connectivity index (χ2n) is 6.94. The summed E-state index contributed by atoms with van der Waals surface area (Å²) in [5, 5.41) is 7.97. The summed E-state index contributed by atoms with van der Waals surface area (Å²) < 4.78 is 3.13. The number of halogens is 1. The molecule has 7 nitrogen and oxygen atoms in total. The van der Waals surface area contributed by atoms with Crippen LogP contribution >= 0.6 is 27.3 Å². The number of hydrazone groups is 1. The van der Waals surface area contributed by atoms with Gasteiger partial charge in [0.25, 0.3) is 11.5 Å². The van der Waals surface area contributed by atoms with Gasteiger partial charge in [-0.2, -0.15) is 9.78 Å². The third-order valence-corrected chi connectivity index (χ3v) is 6.46. The number of thiazole rings is 1. The van der Waals surface area contributed by atoms with Crippen LogP contribution in [0.5, 0.6) is 0 Å². The highest BCUT2D eigenvalue weighted by molar-refractivity contribution is 9.10. The highest BCUT2D eigenvalue weighted by atomic mass is 79.9. The lowest BCUT2D eigenvalue weighted by atomic mass is 10.1. The number of nitrogens with one attached hydrogen (secondary N) is 2. The second-order valence-corrected chi connectivity index (χ2v) is 8.80. The van der Waals surface area contributed by atoms with Crippen molar-refractivity contribution in [1.82, 2.24) is 20.2 Å². The normalized spacial score (nSPS) is 11.8. The number of aryl methyl sites for hydroxylation is 1. The van der Waals surface area contributed by atoms with E-state index in [1.54, 1.807) is 25.1 Å². The van der Waals surface area contributed by atoms with E-state index >= 15 is 0 Å². The van der Waals surface area contributed by atoms with Gasteiger partial charge in [-0.1, -0.05) is 48.9 Å². The van der Waals surface area contributed by atoms with Crippen molar-refractivity contribution in [1.29, 1.82) is 0 Å². The fourth-order valence-corrected chi connectivity index (χ4v) is 4.66. The topological polar surface area (TPSA) is 92.1 Å². The molecule has 2 aromatic heterocycles. The molecule has 0 aliphatic carbocycles. The van der Waals surface area contributed by atoms with Gasteiger partial charge in [-0.25, -0.2) is 10.4 Å². The quantitative estimate of drug-likeness (QED) is 0.300. The first kappa shape index (κ1) is 21.2. The third-order valence-electron chi connectivity index (χ3n) is 4.74. The Bertz CT molecular complexity index is 1320. The van der Waals surface area contributed by atoms with E-state index in [1.165, 1.54) is 16.0 Å². The number of benzene rings is 2. The lowest BCUT2D eigenvalue weighted by molar-refractivity contribution is 0.0954. The Morgan fingerprint density at radius 3 is 2.71 bits per heavy atom. The van der Waals surface area contributed by atoms with Gasteiger partial charge in [-0.15, -0.1) is 0 Å². The number of carbonyl (C=O) groups is 1. The minimum absolute atomic E-state index is 0.237. The Kier molecular flexibility index (Phi) is 6.15. The van der Waals surface area contributed by atoms with E-state index in [2.05, 4.69) is 36.5 Å². The van der Waals surface area contributed by atoms with E-state index in [9.17, 15) is 9.59 Å². The fourth-order valence-electron chi connectivity index (χ4n) is 3.27. The molecule has 9 heteroatoms. The molecule has 4 rings (SSSR count). The average Bonchev–Trinajstić information content (AvgIpc) is 3.33. The molecule has 2 N–H and O–H groups in total. The molecule has 0 saturated carbocycles. The largest absolute Gasteiger partial charge is 0.292 e. The lowest BCUT2D eigenvalue weighted by Gasteiger charge is -2.04. The summed E-state index contributed by atoms with van der Waals surface area (Å²) in [7, 11) is 0. The maximum absolute atomic E-state index is 13.2. The second kappa shape index (κ2) is 8.99. The van der Waals surface area contributed by atoms with Crippen LogP contribution in [0.3, 0.4) is 0 Å². The van der Waals surface area contributed by atoms with E-state index in [0.29, 0.717) is 32.9 Å². The Hall–Kier alpha value is -3.04. The molecule has 0 aliphatic rings. The molecule has 0 fully saturated rings. The zero-order valence-electron chi connectivity index (χ0n) is 17.0. The van der Waals surface area contributed by atoms with Crippen LogP contribution < -0.4 is 11.0 Å². The number of nitrogens with zero attached hydrogens (tertiary/aromatic N) is 3. The summed E-state index contributed by atoms with van der Waals surface area (Å²) in [5.74, 6) is -0.356. The van der Waals surface area contributed by atoms with Crippen molar-refractivity contribution >= 4 is 49.1 Å². The SMILES string of the molecule is CCCc1[nH]n(-c2nc3ccccc3s2)c(=O)c1/C(C)=N/NC(=O)c1ccccc1Br. The molecule has 2 aromatic carbocycles. The molecule has 1 amide bonds. The van der Waals surface area contributed by atoms with E-state index in [4.69, 9.17) is 0 Å². The van der Waals surface area contributed by atoms with Crippen LogP contribution in [0.1, 0.15) is 41.9 Å². The van der Waals surface area contributed by atoms with Gasteiger partial charge in [-0.05, 0) is 53.5 Å². The number of amides is 1. The van der Waals surface area contributed by atoms with Gasteiger partial charge >= 0.3 is 0 Å². The summed E-state index contributed by atoms with van der Waals surface area (Å²) in [6.45, 7) is 3.76. The predicted molar refractivity (Wildman–Crippen MR) is 127 cm³/mol. The molecule has 0 spiro atoms.